The fourth-order valence-corrected chi connectivity index (χ4v) is 5.10. The predicted octanol–water partition coefficient (Wildman–Crippen LogP) is 0.180. The third-order valence-corrected chi connectivity index (χ3v) is 6.70. The molecule has 0 unspecified atom stereocenters. The molecular formula is C21H26N4O3. The molecule has 4 aliphatic heterocycles. The van der Waals surface area contributed by atoms with Crippen molar-refractivity contribution in [3.63, 3.8) is 0 Å². The summed E-state index contributed by atoms with van der Waals surface area (Å²) in [6.45, 7) is 4.38. The SMILES string of the molecule is CN1CCN(C(=O)[C@@H]2[C@@H]3C=C[C@@]4(CN(CCc5ccncc5)C(=O)[C@H]24)O3)CC1. The Bertz CT molecular complexity index is 805. The van der Waals surface area contributed by atoms with E-state index < -0.39 is 5.60 Å². The second-order valence-electron chi connectivity index (χ2n) is 8.39. The van der Waals surface area contributed by atoms with Crippen molar-refractivity contribution in [3.8, 4) is 0 Å². The lowest BCUT2D eigenvalue weighted by molar-refractivity contribution is -0.144. The maximum atomic E-state index is 13.3. The molecule has 4 aliphatic rings. The number of pyridine rings is 1. The molecule has 0 aromatic carbocycles. The lowest BCUT2D eigenvalue weighted by Crippen LogP contribution is -2.52. The summed E-state index contributed by atoms with van der Waals surface area (Å²) < 4.78 is 6.24. The van der Waals surface area contributed by atoms with Crippen LogP contribution in [0.4, 0.5) is 0 Å². The number of carbonyl (C=O) groups excluding carboxylic acids is 2. The van der Waals surface area contributed by atoms with Gasteiger partial charge in [0.1, 0.15) is 5.60 Å². The van der Waals surface area contributed by atoms with Gasteiger partial charge in [0.2, 0.25) is 11.8 Å². The highest BCUT2D eigenvalue weighted by molar-refractivity contribution is 5.93. The van der Waals surface area contributed by atoms with Crippen molar-refractivity contribution in [1.82, 2.24) is 19.7 Å². The first-order valence-electron chi connectivity index (χ1n) is 10.1. The molecule has 3 fully saturated rings. The number of hydrogen-bond acceptors (Lipinski definition) is 5. The molecule has 2 bridgehead atoms. The van der Waals surface area contributed by atoms with Crippen molar-refractivity contribution in [1.29, 1.82) is 0 Å². The fourth-order valence-electron chi connectivity index (χ4n) is 5.10. The number of rotatable bonds is 4. The Morgan fingerprint density at radius 3 is 2.75 bits per heavy atom. The Morgan fingerprint density at radius 2 is 2.00 bits per heavy atom. The Labute approximate surface area is 164 Å². The smallest absolute Gasteiger partial charge is 0.230 e. The van der Waals surface area contributed by atoms with Gasteiger partial charge in [-0.2, -0.15) is 0 Å². The van der Waals surface area contributed by atoms with Crippen LogP contribution in [0.2, 0.25) is 0 Å². The summed E-state index contributed by atoms with van der Waals surface area (Å²) in [6.07, 6.45) is 8.08. The van der Waals surface area contributed by atoms with Crippen molar-refractivity contribution in [3.05, 3.63) is 42.2 Å². The Hall–Kier alpha value is -2.25. The van der Waals surface area contributed by atoms with Crippen LogP contribution in [0.15, 0.2) is 36.7 Å². The van der Waals surface area contributed by atoms with Crippen LogP contribution in [0.5, 0.6) is 0 Å². The quantitative estimate of drug-likeness (QED) is 0.695. The summed E-state index contributed by atoms with van der Waals surface area (Å²) >= 11 is 0. The summed E-state index contributed by atoms with van der Waals surface area (Å²) in [6, 6.07) is 3.95. The molecule has 0 radical (unpaired) electrons. The molecule has 1 spiro atoms. The van der Waals surface area contributed by atoms with Crippen LogP contribution in [0.3, 0.4) is 0 Å². The Balaban J connectivity index is 1.32. The van der Waals surface area contributed by atoms with Crippen molar-refractivity contribution in [2.45, 2.75) is 18.1 Å². The first-order valence-corrected chi connectivity index (χ1v) is 10.1. The van der Waals surface area contributed by atoms with Crippen molar-refractivity contribution >= 4 is 11.8 Å². The zero-order valence-electron chi connectivity index (χ0n) is 16.2. The second-order valence-corrected chi connectivity index (χ2v) is 8.39. The van der Waals surface area contributed by atoms with E-state index in [2.05, 4.69) is 16.9 Å². The maximum absolute atomic E-state index is 13.3. The van der Waals surface area contributed by atoms with Gasteiger partial charge in [-0.25, -0.2) is 0 Å². The highest BCUT2D eigenvalue weighted by atomic mass is 16.5. The minimum absolute atomic E-state index is 0.0633. The molecule has 4 atom stereocenters. The standard InChI is InChI=1S/C21H26N4O3/c1-23-10-12-24(13-11-23)19(26)17-16-2-6-21(28-16)14-25(20(27)18(17)21)9-5-15-3-7-22-8-4-15/h2-4,6-8,16-18H,5,9-14H2,1H3/t16-,17+,18-,21-/m0/s1. The number of fused-ring (bicyclic) bond motifs is 1. The number of piperazine rings is 1. The van der Waals surface area contributed by atoms with Gasteiger partial charge in [-0.1, -0.05) is 12.2 Å². The minimum atomic E-state index is -0.618. The molecule has 0 N–H and O–H groups in total. The maximum Gasteiger partial charge on any atom is 0.230 e. The number of hydrogen-bond donors (Lipinski definition) is 0. The van der Waals surface area contributed by atoms with Gasteiger partial charge in [-0.15, -0.1) is 0 Å². The molecule has 2 amide bonds. The monoisotopic (exact) mass is 382 g/mol. The number of aromatic nitrogens is 1. The van der Waals surface area contributed by atoms with E-state index in [4.69, 9.17) is 4.74 Å². The van der Waals surface area contributed by atoms with Gasteiger partial charge >= 0.3 is 0 Å². The van der Waals surface area contributed by atoms with Crippen LogP contribution < -0.4 is 0 Å². The molecule has 7 nitrogen and oxygen atoms in total. The van der Waals surface area contributed by atoms with Crippen LogP contribution >= 0.6 is 0 Å². The number of ether oxygens (including phenoxy) is 1. The number of nitrogens with zero attached hydrogens (tertiary/aromatic N) is 4. The molecule has 148 valence electrons. The number of likely N-dealkylation sites (tertiary alicyclic amines) is 1. The van der Waals surface area contributed by atoms with Gasteiger partial charge in [0, 0.05) is 45.1 Å². The van der Waals surface area contributed by atoms with E-state index in [-0.39, 0.29) is 29.8 Å². The minimum Gasteiger partial charge on any atom is -0.360 e. The summed E-state index contributed by atoms with van der Waals surface area (Å²) in [4.78, 5) is 36.6. The van der Waals surface area contributed by atoms with E-state index in [1.54, 1.807) is 12.4 Å². The zero-order chi connectivity index (χ0) is 19.3. The van der Waals surface area contributed by atoms with Gasteiger partial charge in [0.25, 0.3) is 0 Å². The highest BCUT2D eigenvalue weighted by Gasteiger charge is 2.67. The van der Waals surface area contributed by atoms with Crippen LogP contribution in [-0.4, -0.2) is 89.5 Å². The lowest BCUT2D eigenvalue weighted by atomic mass is 9.76. The molecular weight excluding hydrogens is 356 g/mol. The Morgan fingerprint density at radius 1 is 1.25 bits per heavy atom. The summed E-state index contributed by atoms with van der Waals surface area (Å²) in [7, 11) is 2.07. The molecule has 0 saturated carbocycles. The van der Waals surface area contributed by atoms with E-state index in [9.17, 15) is 9.59 Å². The zero-order valence-corrected chi connectivity index (χ0v) is 16.2. The average Bonchev–Trinajstić information content (AvgIpc) is 3.35. The molecule has 3 saturated heterocycles. The van der Waals surface area contributed by atoms with Gasteiger partial charge in [0.05, 0.1) is 24.5 Å². The van der Waals surface area contributed by atoms with Crippen LogP contribution in [0.25, 0.3) is 0 Å². The molecule has 5 rings (SSSR count). The van der Waals surface area contributed by atoms with E-state index in [0.717, 1.165) is 38.2 Å². The van der Waals surface area contributed by atoms with E-state index in [1.807, 2.05) is 34.1 Å². The fraction of sp³-hybridized carbons (Fsp3) is 0.571. The van der Waals surface area contributed by atoms with Crippen LogP contribution in [-0.2, 0) is 20.7 Å². The second kappa shape index (κ2) is 6.67. The highest BCUT2D eigenvalue weighted by Crippen LogP contribution is 2.52. The normalized spacial score (nSPS) is 34.3. The molecule has 5 heterocycles. The Kier molecular flexibility index (Phi) is 4.25. The van der Waals surface area contributed by atoms with Gasteiger partial charge in [0.15, 0.2) is 0 Å². The first-order chi connectivity index (χ1) is 13.6. The van der Waals surface area contributed by atoms with E-state index in [0.29, 0.717) is 13.1 Å². The third-order valence-electron chi connectivity index (χ3n) is 6.70. The number of amides is 2. The molecule has 1 aromatic rings. The first kappa shape index (κ1) is 17.8. The largest absolute Gasteiger partial charge is 0.360 e. The predicted molar refractivity (Wildman–Crippen MR) is 102 cm³/mol. The van der Waals surface area contributed by atoms with Crippen LogP contribution in [0.1, 0.15) is 5.56 Å². The lowest BCUT2D eigenvalue weighted by Gasteiger charge is -2.35. The molecule has 7 heteroatoms. The topological polar surface area (TPSA) is 66.0 Å². The summed E-state index contributed by atoms with van der Waals surface area (Å²) in [5, 5.41) is 0. The van der Waals surface area contributed by atoms with Gasteiger partial charge < -0.3 is 19.4 Å². The molecule has 28 heavy (non-hydrogen) atoms. The summed E-state index contributed by atoms with van der Waals surface area (Å²) in [5.74, 6) is -0.619. The van der Waals surface area contributed by atoms with Crippen molar-refractivity contribution < 1.29 is 14.3 Å². The summed E-state index contributed by atoms with van der Waals surface area (Å²) in [5.41, 5.74) is 0.538. The molecule has 0 aliphatic carbocycles. The van der Waals surface area contributed by atoms with E-state index in [1.165, 1.54) is 0 Å². The average molecular weight is 382 g/mol. The third kappa shape index (κ3) is 2.76. The van der Waals surface area contributed by atoms with E-state index >= 15 is 0 Å². The number of carbonyl (C=O) groups is 2. The number of likely N-dealkylation sites (N-methyl/N-ethyl adjacent to an activating group) is 1. The van der Waals surface area contributed by atoms with Crippen molar-refractivity contribution in [2.24, 2.45) is 11.8 Å². The van der Waals surface area contributed by atoms with Gasteiger partial charge in [-0.05, 0) is 31.2 Å². The van der Waals surface area contributed by atoms with Crippen molar-refractivity contribution in [2.75, 3.05) is 46.3 Å². The van der Waals surface area contributed by atoms with Crippen LogP contribution in [0, 0.1) is 11.8 Å². The van der Waals surface area contributed by atoms with Gasteiger partial charge in [-0.3, -0.25) is 14.6 Å². The molecule has 1 aromatic heterocycles.